The molecule has 0 saturated heterocycles. The van der Waals surface area contributed by atoms with Gasteiger partial charge in [0.1, 0.15) is 5.82 Å². The molecule has 0 aromatic heterocycles. The van der Waals surface area contributed by atoms with Crippen molar-refractivity contribution >= 4 is 18.3 Å². The highest BCUT2D eigenvalue weighted by molar-refractivity contribution is 5.85. The van der Waals surface area contributed by atoms with Crippen LogP contribution in [0.2, 0.25) is 0 Å². The SMILES string of the molecule is Cl.NC[C@H]1CCC[C@H]1C(=O)NCC(O)c1ccc(F)cc1. The Morgan fingerprint density at radius 2 is 2.05 bits per heavy atom. The van der Waals surface area contributed by atoms with Gasteiger partial charge >= 0.3 is 0 Å². The van der Waals surface area contributed by atoms with E-state index in [0.717, 1.165) is 19.3 Å². The van der Waals surface area contributed by atoms with Crippen molar-refractivity contribution in [2.45, 2.75) is 25.4 Å². The van der Waals surface area contributed by atoms with Crippen LogP contribution >= 0.6 is 12.4 Å². The summed E-state index contributed by atoms with van der Waals surface area (Å²) in [6, 6.07) is 5.62. The summed E-state index contributed by atoms with van der Waals surface area (Å²) in [7, 11) is 0. The van der Waals surface area contributed by atoms with E-state index in [9.17, 15) is 14.3 Å². The molecule has 1 unspecified atom stereocenters. The first-order chi connectivity index (χ1) is 9.61. The molecule has 2 rings (SSSR count). The molecule has 4 N–H and O–H groups in total. The van der Waals surface area contributed by atoms with Gasteiger partial charge in [0.2, 0.25) is 5.91 Å². The fourth-order valence-electron chi connectivity index (χ4n) is 2.80. The second-order valence-electron chi connectivity index (χ2n) is 5.35. The summed E-state index contributed by atoms with van der Waals surface area (Å²) >= 11 is 0. The lowest BCUT2D eigenvalue weighted by atomic mass is 9.95. The van der Waals surface area contributed by atoms with Crippen molar-refractivity contribution in [1.29, 1.82) is 0 Å². The Balaban J connectivity index is 0.00000220. The molecular weight excluding hydrogens is 295 g/mol. The van der Waals surface area contributed by atoms with Gasteiger partial charge in [0.15, 0.2) is 0 Å². The first-order valence-corrected chi connectivity index (χ1v) is 7.03. The molecular formula is C15H22ClFN2O2. The summed E-state index contributed by atoms with van der Waals surface area (Å²) in [6.45, 7) is 0.664. The number of aliphatic hydroxyl groups excluding tert-OH is 1. The van der Waals surface area contributed by atoms with Gasteiger partial charge in [-0.3, -0.25) is 4.79 Å². The van der Waals surface area contributed by atoms with Crippen molar-refractivity contribution in [2.75, 3.05) is 13.1 Å². The standard InChI is InChI=1S/C15H21FN2O2.ClH/c16-12-6-4-10(5-7-12)14(19)9-18-15(20)13-3-1-2-11(13)8-17;/h4-7,11,13-14,19H,1-3,8-9,17H2,(H,18,20);1H/t11-,13-,14?;/m1./s1. The third-order valence-electron chi connectivity index (χ3n) is 4.02. The molecule has 1 aromatic rings. The van der Waals surface area contributed by atoms with Gasteiger partial charge < -0.3 is 16.2 Å². The van der Waals surface area contributed by atoms with Gasteiger partial charge in [-0.25, -0.2) is 4.39 Å². The number of amides is 1. The molecule has 3 atom stereocenters. The van der Waals surface area contributed by atoms with Gasteiger partial charge in [0, 0.05) is 12.5 Å². The number of hydrogen-bond donors (Lipinski definition) is 3. The molecule has 0 aliphatic heterocycles. The molecule has 118 valence electrons. The largest absolute Gasteiger partial charge is 0.387 e. The van der Waals surface area contributed by atoms with E-state index >= 15 is 0 Å². The number of carbonyl (C=O) groups excluding carboxylic acids is 1. The molecule has 1 amide bonds. The number of carbonyl (C=O) groups is 1. The van der Waals surface area contributed by atoms with Crippen molar-refractivity contribution in [3.8, 4) is 0 Å². The Morgan fingerprint density at radius 1 is 1.38 bits per heavy atom. The number of rotatable bonds is 5. The van der Waals surface area contributed by atoms with Crippen LogP contribution in [0.1, 0.15) is 30.9 Å². The lowest BCUT2D eigenvalue weighted by Gasteiger charge is -2.19. The fourth-order valence-corrected chi connectivity index (χ4v) is 2.80. The van der Waals surface area contributed by atoms with Gasteiger partial charge in [0.05, 0.1) is 6.10 Å². The number of benzene rings is 1. The molecule has 0 radical (unpaired) electrons. The summed E-state index contributed by atoms with van der Waals surface area (Å²) in [5.41, 5.74) is 6.25. The minimum Gasteiger partial charge on any atom is -0.387 e. The third-order valence-corrected chi connectivity index (χ3v) is 4.02. The van der Waals surface area contributed by atoms with E-state index in [-0.39, 0.29) is 42.5 Å². The number of nitrogens with one attached hydrogen (secondary N) is 1. The second-order valence-corrected chi connectivity index (χ2v) is 5.35. The van der Waals surface area contributed by atoms with Crippen LogP contribution in [0.4, 0.5) is 4.39 Å². The molecule has 0 bridgehead atoms. The highest BCUT2D eigenvalue weighted by Gasteiger charge is 2.31. The number of hydrogen-bond acceptors (Lipinski definition) is 3. The highest BCUT2D eigenvalue weighted by Crippen LogP contribution is 2.31. The van der Waals surface area contributed by atoms with Crippen LogP contribution in [0.25, 0.3) is 0 Å². The second kappa shape index (κ2) is 8.32. The van der Waals surface area contributed by atoms with Gasteiger partial charge in [0.25, 0.3) is 0 Å². The molecule has 1 aromatic carbocycles. The van der Waals surface area contributed by atoms with Crippen LogP contribution in [0.5, 0.6) is 0 Å². The van der Waals surface area contributed by atoms with E-state index in [0.29, 0.717) is 12.1 Å². The van der Waals surface area contributed by atoms with Crippen LogP contribution in [0.3, 0.4) is 0 Å². The van der Waals surface area contributed by atoms with Crippen molar-refractivity contribution in [2.24, 2.45) is 17.6 Å². The van der Waals surface area contributed by atoms with E-state index in [1.165, 1.54) is 24.3 Å². The third kappa shape index (κ3) is 4.66. The minimum atomic E-state index is -0.822. The quantitative estimate of drug-likeness (QED) is 0.775. The smallest absolute Gasteiger partial charge is 0.223 e. The molecule has 0 heterocycles. The molecule has 1 aliphatic rings. The zero-order valence-electron chi connectivity index (χ0n) is 11.8. The maximum Gasteiger partial charge on any atom is 0.223 e. The highest BCUT2D eigenvalue weighted by atomic mass is 35.5. The normalized spacial score (nSPS) is 22.4. The zero-order valence-corrected chi connectivity index (χ0v) is 12.6. The Labute approximate surface area is 130 Å². The van der Waals surface area contributed by atoms with E-state index < -0.39 is 6.10 Å². The van der Waals surface area contributed by atoms with E-state index in [4.69, 9.17) is 5.73 Å². The maximum absolute atomic E-state index is 12.8. The fraction of sp³-hybridized carbons (Fsp3) is 0.533. The predicted octanol–water partition coefficient (Wildman–Crippen LogP) is 1.77. The van der Waals surface area contributed by atoms with Crippen LogP contribution in [-0.4, -0.2) is 24.1 Å². The van der Waals surface area contributed by atoms with Crippen LogP contribution < -0.4 is 11.1 Å². The minimum absolute atomic E-state index is 0. The van der Waals surface area contributed by atoms with E-state index in [1.807, 2.05) is 0 Å². The van der Waals surface area contributed by atoms with Crippen molar-refractivity contribution in [3.05, 3.63) is 35.6 Å². The Hall–Kier alpha value is -1.17. The monoisotopic (exact) mass is 316 g/mol. The first kappa shape index (κ1) is 17.9. The van der Waals surface area contributed by atoms with Crippen molar-refractivity contribution in [3.63, 3.8) is 0 Å². The topological polar surface area (TPSA) is 75.4 Å². The summed E-state index contributed by atoms with van der Waals surface area (Å²) in [5.74, 6) is -0.181. The van der Waals surface area contributed by atoms with Crippen LogP contribution in [0, 0.1) is 17.7 Å². The lowest BCUT2D eigenvalue weighted by molar-refractivity contribution is -0.126. The average molecular weight is 317 g/mol. The molecule has 1 aliphatic carbocycles. The Kier molecular flexibility index (Phi) is 7.08. The summed E-state index contributed by atoms with van der Waals surface area (Å²) in [6.07, 6.45) is 2.06. The van der Waals surface area contributed by atoms with Gasteiger partial charge in [-0.05, 0) is 43.0 Å². The number of halogens is 2. The molecule has 4 nitrogen and oxygen atoms in total. The molecule has 6 heteroatoms. The number of aliphatic hydroxyl groups is 1. The molecule has 0 spiro atoms. The molecule has 1 saturated carbocycles. The summed E-state index contributed by atoms with van der Waals surface area (Å²) in [4.78, 5) is 12.1. The van der Waals surface area contributed by atoms with Gasteiger partial charge in [-0.15, -0.1) is 12.4 Å². The van der Waals surface area contributed by atoms with Gasteiger partial charge in [-0.2, -0.15) is 0 Å². The zero-order chi connectivity index (χ0) is 14.5. The molecule has 1 fully saturated rings. The van der Waals surface area contributed by atoms with Crippen molar-refractivity contribution in [1.82, 2.24) is 5.32 Å². The maximum atomic E-state index is 12.8. The predicted molar refractivity (Wildman–Crippen MR) is 81.5 cm³/mol. The van der Waals surface area contributed by atoms with Crippen LogP contribution in [-0.2, 0) is 4.79 Å². The molecule has 21 heavy (non-hydrogen) atoms. The first-order valence-electron chi connectivity index (χ1n) is 7.03. The number of nitrogens with two attached hydrogens (primary N) is 1. The Bertz CT molecular complexity index is 455. The van der Waals surface area contributed by atoms with Crippen LogP contribution in [0.15, 0.2) is 24.3 Å². The summed E-state index contributed by atoms with van der Waals surface area (Å²) < 4.78 is 12.8. The average Bonchev–Trinajstić information content (AvgIpc) is 2.93. The lowest BCUT2D eigenvalue weighted by Crippen LogP contribution is -2.37. The van der Waals surface area contributed by atoms with Crippen molar-refractivity contribution < 1.29 is 14.3 Å². The van der Waals surface area contributed by atoms with Gasteiger partial charge in [-0.1, -0.05) is 18.6 Å². The van der Waals surface area contributed by atoms with E-state index in [2.05, 4.69) is 5.32 Å². The van der Waals surface area contributed by atoms with E-state index in [1.54, 1.807) is 0 Å². The summed E-state index contributed by atoms with van der Waals surface area (Å²) in [5, 5.41) is 12.7. The Morgan fingerprint density at radius 3 is 2.67 bits per heavy atom.